The second-order valence-corrected chi connectivity index (χ2v) is 9.61. The maximum atomic E-state index is 12.9. The minimum atomic E-state index is -1.25. The molecule has 0 saturated carbocycles. The number of allylic oxidation sites excluding steroid dienone is 1. The first-order valence-corrected chi connectivity index (χ1v) is 12.4. The van der Waals surface area contributed by atoms with E-state index in [9.17, 15) is 19.6 Å². The van der Waals surface area contributed by atoms with Crippen molar-refractivity contribution >= 4 is 45.5 Å². The maximum Gasteiger partial charge on any atom is 0.319 e. The average Bonchev–Trinajstić information content (AvgIpc) is 2.86. The van der Waals surface area contributed by atoms with Crippen LogP contribution in [0.4, 0.5) is 0 Å². The SMILES string of the molecule is COC(=O)[C@@H]1C(=O)NC(SCC(=O)NCc2ccc(C)cc2)=C(C#N)[C@H]1c1ccc(OC)c(Br)c1. The summed E-state index contributed by atoms with van der Waals surface area (Å²) in [5.41, 5.74) is 2.82. The van der Waals surface area contributed by atoms with Crippen LogP contribution in [-0.2, 0) is 25.7 Å². The standard InChI is InChI=1S/C25H24BrN3O5S/c1-14-4-6-15(7-5-14)12-28-20(30)13-35-24-17(11-27)21(22(23(31)29-24)25(32)34-3)16-8-9-19(33-2)18(26)10-16/h4-10,21-22H,12-13H2,1-3H3,(H,28,30)(H,29,31)/t21-,22+/m1/s1. The van der Waals surface area contributed by atoms with Crippen LogP contribution in [0.2, 0.25) is 0 Å². The van der Waals surface area contributed by atoms with E-state index in [2.05, 4.69) is 32.6 Å². The van der Waals surface area contributed by atoms with Gasteiger partial charge in [0, 0.05) is 12.5 Å². The first-order valence-electron chi connectivity index (χ1n) is 10.6. The van der Waals surface area contributed by atoms with Gasteiger partial charge in [-0.15, -0.1) is 0 Å². The number of ether oxygens (including phenoxy) is 2. The number of amides is 2. The highest BCUT2D eigenvalue weighted by molar-refractivity contribution is 9.10. The van der Waals surface area contributed by atoms with E-state index in [0.717, 1.165) is 22.9 Å². The fraction of sp³-hybridized carbons (Fsp3) is 0.280. The summed E-state index contributed by atoms with van der Waals surface area (Å²) in [6.07, 6.45) is 0. The summed E-state index contributed by atoms with van der Waals surface area (Å²) in [4.78, 5) is 37.9. The van der Waals surface area contributed by atoms with Gasteiger partial charge in [-0.2, -0.15) is 5.26 Å². The van der Waals surface area contributed by atoms with Crippen molar-refractivity contribution in [3.63, 3.8) is 0 Å². The van der Waals surface area contributed by atoms with Crippen molar-refractivity contribution in [2.24, 2.45) is 5.92 Å². The van der Waals surface area contributed by atoms with Crippen molar-refractivity contribution in [1.29, 1.82) is 5.26 Å². The molecule has 0 unspecified atom stereocenters. The Kier molecular flexibility index (Phi) is 8.95. The topological polar surface area (TPSA) is 118 Å². The summed E-state index contributed by atoms with van der Waals surface area (Å²) in [6, 6.07) is 15.0. The first-order chi connectivity index (χ1) is 16.8. The zero-order valence-electron chi connectivity index (χ0n) is 19.4. The van der Waals surface area contributed by atoms with Crippen LogP contribution in [0, 0.1) is 24.2 Å². The lowest BCUT2D eigenvalue weighted by Gasteiger charge is -2.31. The molecule has 1 heterocycles. The smallest absolute Gasteiger partial charge is 0.319 e. The van der Waals surface area contributed by atoms with E-state index in [-0.39, 0.29) is 22.3 Å². The Labute approximate surface area is 216 Å². The number of thioether (sulfide) groups is 1. The van der Waals surface area contributed by atoms with E-state index in [1.807, 2.05) is 31.2 Å². The highest BCUT2D eigenvalue weighted by Crippen LogP contribution is 2.42. The number of halogens is 1. The average molecular weight is 558 g/mol. The summed E-state index contributed by atoms with van der Waals surface area (Å²) in [7, 11) is 2.71. The predicted molar refractivity (Wildman–Crippen MR) is 135 cm³/mol. The molecule has 0 bridgehead atoms. The molecule has 0 saturated heterocycles. The lowest BCUT2D eigenvalue weighted by molar-refractivity contribution is -0.150. The fourth-order valence-electron chi connectivity index (χ4n) is 3.65. The van der Waals surface area contributed by atoms with Gasteiger partial charge < -0.3 is 20.1 Å². The lowest BCUT2D eigenvalue weighted by Crippen LogP contribution is -2.44. The Bertz CT molecular complexity index is 1210. The van der Waals surface area contributed by atoms with Gasteiger partial charge in [0.2, 0.25) is 11.8 Å². The van der Waals surface area contributed by atoms with Crippen LogP contribution >= 0.6 is 27.7 Å². The summed E-state index contributed by atoms with van der Waals surface area (Å²) in [6.45, 7) is 2.35. The quantitative estimate of drug-likeness (QED) is 0.376. The molecular weight excluding hydrogens is 534 g/mol. The number of rotatable bonds is 8. The molecule has 182 valence electrons. The number of methoxy groups -OCH3 is 2. The molecule has 3 rings (SSSR count). The van der Waals surface area contributed by atoms with Gasteiger partial charge in [-0.25, -0.2) is 0 Å². The predicted octanol–water partition coefficient (Wildman–Crippen LogP) is 3.55. The summed E-state index contributed by atoms with van der Waals surface area (Å²) < 4.78 is 10.7. The molecule has 0 aliphatic carbocycles. The molecular formula is C25H24BrN3O5S. The van der Waals surface area contributed by atoms with Crippen LogP contribution in [0.5, 0.6) is 5.75 Å². The molecule has 2 aromatic rings. The van der Waals surface area contributed by atoms with Crippen LogP contribution in [0.25, 0.3) is 0 Å². The molecule has 0 fully saturated rings. The zero-order valence-corrected chi connectivity index (χ0v) is 21.8. The minimum Gasteiger partial charge on any atom is -0.496 e. The monoisotopic (exact) mass is 557 g/mol. The highest BCUT2D eigenvalue weighted by atomic mass is 79.9. The van der Waals surface area contributed by atoms with Crippen LogP contribution < -0.4 is 15.4 Å². The highest BCUT2D eigenvalue weighted by Gasteiger charge is 2.44. The summed E-state index contributed by atoms with van der Waals surface area (Å²) in [5.74, 6) is -3.22. The Balaban J connectivity index is 1.85. The third-order valence-electron chi connectivity index (χ3n) is 5.48. The normalized spacial score (nSPS) is 17.3. The molecule has 1 aliphatic heterocycles. The van der Waals surface area contributed by atoms with Gasteiger partial charge in [0.05, 0.1) is 41.1 Å². The van der Waals surface area contributed by atoms with Crippen molar-refractivity contribution < 1.29 is 23.9 Å². The van der Waals surface area contributed by atoms with Crippen molar-refractivity contribution in [3.8, 4) is 11.8 Å². The number of carbonyl (C=O) groups excluding carboxylic acids is 3. The Morgan fingerprint density at radius 3 is 2.51 bits per heavy atom. The second-order valence-electron chi connectivity index (χ2n) is 7.77. The molecule has 0 radical (unpaired) electrons. The van der Waals surface area contributed by atoms with E-state index in [1.54, 1.807) is 18.2 Å². The van der Waals surface area contributed by atoms with Gasteiger partial charge in [-0.3, -0.25) is 14.4 Å². The first kappa shape index (κ1) is 26.3. The summed E-state index contributed by atoms with van der Waals surface area (Å²) >= 11 is 4.45. The lowest BCUT2D eigenvalue weighted by atomic mass is 9.78. The number of nitriles is 1. The van der Waals surface area contributed by atoms with Crippen molar-refractivity contribution in [3.05, 3.63) is 74.2 Å². The van der Waals surface area contributed by atoms with E-state index >= 15 is 0 Å². The molecule has 35 heavy (non-hydrogen) atoms. The van der Waals surface area contributed by atoms with Crippen LogP contribution in [0.1, 0.15) is 22.6 Å². The Hall–Kier alpha value is -3.29. The number of esters is 1. The van der Waals surface area contributed by atoms with E-state index < -0.39 is 23.7 Å². The number of hydrogen-bond donors (Lipinski definition) is 2. The molecule has 2 N–H and O–H groups in total. The maximum absolute atomic E-state index is 12.9. The van der Waals surface area contributed by atoms with E-state index in [1.165, 1.54) is 14.2 Å². The molecule has 1 aliphatic rings. The third-order valence-corrected chi connectivity index (χ3v) is 7.11. The number of nitrogens with one attached hydrogen (secondary N) is 2. The number of hydrogen-bond acceptors (Lipinski definition) is 7. The molecule has 2 amide bonds. The minimum absolute atomic E-state index is 0.0193. The van der Waals surface area contributed by atoms with Gasteiger partial charge in [0.15, 0.2) is 0 Å². The van der Waals surface area contributed by atoms with E-state index in [0.29, 0.717) is 22.3 Å². The number of carbonyl (C=O) groups is 3. The fourth-order valence-corrected chi connectivity index (χ4v) is 5.09. The molecule has 2 aromatic carbocycles. The Morgan fingerprint density at radius 2 is 1.91 bits per heavy atom. The number of nitrogens with zero attached hydrogens (tertiary/aromatic N) is 1. The molecule has 8 nitrogen and oxygen atoms in total. The second kappa shape index (κ2) is 11.9. The van der Waals surface area contributed by atoms with Crippen LogP contribution in [-0.4, -0.2) is 37.8 Å². The van der Waals surface area contributed by atoms with Gasteiger partial charge in [0.25, 0.3) is 0 Å². The third kappa shape index (κ3) is 6.24. The van der Waals surface area contributed by atoms with Gasteiger partial charge in [-0.1, -0.05) is 47.7 Å². The zero-order chi connectivity index (χ0) is 25.5. The molecule has 0 aromatic heterocycles. The molecule has 10 heteroatoms. The Morgan fingerprint density at radius 1 is 1.20 bits per heavy atom. The van der Waals surface area contributed by atoms with Gasteiger partial charge >= 0.3 is 5.97 Å². The van der Waals surface area contributed by atoms with Crippen molar-refractivity contribution in [2.45, 2.75) is 19.4 Å². The van der Waals surface area contributed by atoms with E-state index in [4.69, 9.17) is 9.47 Å². The molecule has 2 atom stereocenters. The van der Waals surface area contributed by atoms with Crippen molar-refractivity contribution in [2.75, 3.05) is 20.0 Å². The van der Waals surface area contributed by atoms with Gasteiger partial charge in [-0.05, 0) is 46.1 Å². The van der Waals surface area contributed by atoms with Crippen molar-refractivity contribution in [1.82, 2.24) is 10.6 Å². The summed E-state index contributed by atoms with van der Waals surface area (Å²) in [5, 5.41) is 15.7. The van der Waals surface area contributed by atoms with Gasteiger partial charge in [0.1, 0.15) is 11.7 Å². The van der Waals surface area contributed by atoms with Crippen LogP contribution in [0.15, 0.2) is 57.5 Å². The largest absolute Gasteiger partial charge is 0.496 e. The number of aryl methyl sites for hydroxylation is 1. The number of benzene rings is 2. The molecule has 0 spiro atoms. The van der Waals surface area contributed by atoms with Crippen LogP contribution in [0.3, 0.4) is 0 Å².